The summed E-state index contributed by atoms with van der Waals surface area (Å²) in [5.74, 6) is 0.0339. The Kier molecular flexibility index (Phi) is 5.51. The number of aromatic nitrogens is 2. The maximum absolute atomic E-state index is 12.8. The van der Waals surface area contributed by atoms with Crippen LogP contribution in [0.25, 0.3) is 21.3 Å². The number of hydrogen-bond donors (Lipinski definition) is 1. The number of amides is 1. The second-order valence-electron chi connectivity index (χ2n) is 6.65. The number of thiophene rings is 1. The van der Waals surface area contributed by atoms with Gasteiger partial charge in [-0.15, -0.1) is 11.3 Å². The molecule has 2 aromatic carbocycles. The molecule has 1 amide bonds. The number of nitrogens with one attached hydrogen (secondary N) is 1. The maximum atomic E-state index is 12.8. The second-order valence-corrected chi connectivity index (χ2v) is 8.48. The van der Waals surface area contributed by atoms with Gasteiger partial charge in [-0.3, -0.25) is 14.2 Å². The van der Waals surface area contributed by atoms with E-state index in [0.717, 1.165) is 22.4 Å². The zero-order chi connectivity index (χ0) is 20.4. The normalized spacial score (nSPS) is 11.0. The lowest BCUT2D eigenvalue weighted by atomic mass is 10.1. The van der Waals surface area contributed by atoms with E-state index in [1.165, 1.54) is 27.7 Å². The van der Waals surface area contributed by atoms with Crippen LogP contribution in [0.1, 0.15) is 5.56 Å². The molecule has 0 atom stereocenters. The Bertz CT molecular complexity index is 1230. The Labute approximate surface area is 176 Å². The third-order valence-corrected chi connectivity index (χ3v) is 6.50. The summed E-state index contributed by atoms with van der Waals surface area (Å²) in [7, 11) is 1.69. The van der Waals surface area contributed by atoms with E-state index in [-0.39, 0.29) is 17.2 Å². The van der Waals surface area contributed by atoms with Crippen LogP contribution in [0.3, 0.4) is 0 Å². The van der Waals surface area contributed by atoms with Gasteiger partial charge in [0.15, 0.2) is 5.16 Å². The van der Waals surface area contributed by atoms with Gasteiger partial charge in [0, 0.05) is 23.7 Å². The van der Waals surface area contributed by atoms with Crippen LogP contribution < -0.4 is 10.9 Å². The summed E-state index contributed by atoms with van der Waals surface area (Å²) in [6.07, 6.45) is 0. The largest absolute Gasteiger partial charge is 0.325 e. The average molecular weight is 422 g/mol. The van der Waals surface area contributed by atoms with Crippen LogP contribution in [-0.2, 0) is 11.8 Å². The minimum absolute atomic E-state index is 0.0939. The zero-order valence-corrected chi connectivity index (χ0v) is 17.6. The number of rotatable bonds is 5. The lowest BCUT2D eigenvalue weighted by Gasteiger charge is -2.09. The fourth-order valence-corrected chi connectivity index (χ4v) is 4.69. The van der Waals surface area contributed by atoms with Crippen molar-refractivity contribution in [2.75, 3.05) is 11.1 Å². The standard InChI is InChI=1S/C22H19N3O2S2/c1-14-8-10-16(11-9-14)23-18(26)13-29-22-24-19-17(15-6-4-3-5-7-15)12-28-20(19)21(27)25(22)2/h3-12H,13H2,1-2H3,(H,23,26). The molecule has 4 rings (SSSR count). The van der Waals surface area contributed by atoms with Crippen molar-refractivity contribution in [3.63, 3.8) is 0 Å². The molecule has 2 aromatic heterocycles. The highest BCUT2D eigenvalue weighted by molar-refractivity contribution is 7.99. The van der Waals surface area contributed by atoms with Gasteiger partial charge >= 0.3 is 0 Å². The molecule has 0 bridgehead atoms. The molecule has 29 heavy (non-hydrogen) atoms. The Hall–Kier alpha value is -2.90. The van der Waals surface area contributed by atoms with Gasteiger partial charge in [0.05, 0.1) is 11.3 Å². The summed E-state index contributed by atoms with van der Waals surface area (Å²) in [4.78, 5) is 29.8. The molecule has 0 aliphatic rings. The molecule has 0 radical (unpaired) electrons. The topological polar surface area (TPSA) is 64.0 Å². The maximum Gasteiger partial charge on any atom is 0.271 e. The highest BCUT2D eigenvalue weighted by atomic mass is 32.2. The summed E-state index contributed by atoms with van der Waals surface area (Å²) >= 11 is 2.66. The van der Waals surface area contributed by atoms with Crippen molar-refractivity contribution >= 4 is 44.9 Å². The number of anilines is 1. The van der Waals surface area contributed by atoms with Crippen LogP contribution in [0.4, 0.5) is 5.69 Å². The van der Waals surface area contributed by atoms with Crippen molar-refractivity contribution < 1.29 is 4.79 Å². The molecule has 0 fully saturated rings. The number of benzene rings is 2. The van der Waals surface area contributed by atoms with Gasteiger partial charge in [-0.2, -0.15) is 0 Å². The molecule has 0 unspecified atom stereocenters. The van der Waals surface area contributed by atoms with E-state index in [2.05, 4.69) is 5.32 Å². The molecular weight excluding hydrogens is 402 g/mol. The molecule has 0 saturated heterocycles. The Morgan fingerprint density at radius 1 is 1.14 bits per heavy atom. The highest BCUT2D eigenvalue weighted by Gasteiger charge is 2.16. The van der Waals surface area contributed by atoms with Crippen molar-refractivity contribution in [1.82, 2.24) is 9.55 Å². The number of carbonyl (C=O) groups is 1. The van der Waals surface area contributed by atoms with Gasteiger partial charge in [-0.05, 0) is 24.6 Å². The Morgan fingerprint density at radius 3 is 2.59 bits per heavy atom. The number of nitrogens with zero attached hydrogens (tertiary/aromatic N) is 2. The van der Waals surface area contributed by atoms with E-state index >= 15 is 0 Å². The van der Waals surface area contributed by atoms with E-state index in [4.69, 9.17) is 4.98 Å². The molecule has 0 aliphatic carbocycles. The van der Waals surface area contributed by atoms with Gasteiger partial charge < -0.3 is 5.32 Å². The summed E-state index contributed by atoms with van der Waals surface area (Å²) < 4.78 is 2.14. The third kappa shape index (κ3) is 4.11. The van der Waals surface area contributed by atoms with E-state index in [1.54, 1.807) is 7.05 Å². The molecule has 7 heteroatoms. The van der Waals surface area contributed by atoms with Crippen molar-refractivity contribution in [3.05, 3.63) is 75.9 Å². The van der Waals surface area contributed by atoms with E-state index in [1.807, 2.05) is 66.9 Å². The number of carbonyl (C=O) groups excluding carboxylic acids is 1. The number of thioether (sulfide) groups is 1. The molecule has 4 aromatic rings. The van der Waals surface area contributed by atoms with Crippen LogP contribution in [0.5, 0.6) is 0 Å². The first-order chi connectivity index (χ1) is 14.0. The van der Waals surface area contributed by atoms with Gasteiger partial charge in [-0.25, -0.2) is 4.98 Å². The van der Waals surface area contributed by atoms with Crippen LogP contribution in [-0.4, -0.2) is 21.2 Å². The van der Waals surface area contributed by atoms with E-state index in [9.17, 15) is 9.59 Å². The van der Waals surface area contributed by atoms with Crippen LogP contribution >= 0.6 is 23.1 Å². The van der Waals surface area contributed by atoms with Crippen LogP contribution in [0.15, 0.2) is 69.9 Å². The van der Waals surface area contributed by atoms with E-state index in [0.29, 0.717) is 15.4 Å². The fraction of sp³-hybridized carbons (Fsp3) is 0.136. The summed E-state index contributed by atoms with van der Waals surface area (Å²) in [5.41, 5.74) is 4.44. The monoisotopic (exact) mass is 421 g/mol. The van der Waals surface area contributed by atoms with Crippen LogP contribution in [0, 0.1) is 6.92 Å². The zero-order valence-electron chi connectivity index (χ0n) is 16.0. The third-order valence-electron chi connectivity index (χ3n) is 4.51. The molecular formula is C22H19N3O2S2. The van der Waals surface area contributed by atoms with Gasteiger partial charge in [0.2, 0.25) is 5.91 Å². The van der Waals surface area contributed by atoms with Crippen molar-refractivity contribution in [2.45, 2.75) is 12.1 Å². The molecule has 5 nitrogen and oxygen atoms in total. The predicted molar refractivity (Wildman–Crippen MR) is 121 cm³/mol. The van der Waals surface area contributed by atoms with Gasteiger partial charge in [0.1, 0.15) is 4.70 Å². The molecule has 2 heterocycles. The SMILES string of the molecule is Cc1ccc(NC(=O)CSc2nc3c(-c4ccccc4)csc3c(=O)n2C)cc1. The fourth-order valence-electron chi connectivity index (χ4n) is 2.94. The summed E-state index contributed by atoms with van der Waals surface area (Å²) in [6.45, 7) is 2.00. The predicted octanol–water partition coefficient (Wildman–Crippen LogP) is 4.70. The Morgan fingerprint density at radius 2 is 1.86 bits per heavy atom. The van der Waals surface area contributed by atoms with E-state index < -0.39 is 0 Å². The van der Waals surface area contributed by atoms with Crippen molar-refractivity contribution in [2.24, 2.45) is 7.05 Å². The first-order valence-electron chi connectivity index (χ1n) is 9.06. The van der Waals surface area contributed by atoms with Gasteiger partial charge in [-0.1, -0.05) is 59.8 Å². The molecule has 1 N–H and O–H groups in total. The van der Waals surface area contributed by atoms with Crippen LogP contribution in [0.2, 0.25) is 0 Å². The first kappa shape index (κ1) is 19.4. The lowest BCUT2D eigenvalue weighted by Crippen LogP contribution is -2.20. The Balaban J connectivity index is 1.58. The molecule has 0 aliphatic heterocycles. The number of hydrogen-bond acceptors (Lipinski definition) is 5. The lowest BCUT2D eigenvalue weighted by molar-refractivity contribution is -0.113. The quantitative estimate of drug-likeness (QED) is 0.375. The second kappa shape index (κ2) is 8.23. The van der Waals surface area contributed by atoms with Crippen molar-refractivity contribution in [3.8, 4) is 11.1 Å². The number of aryl methyl sites for hydroxylation is 1. The minimum Gasteiger partial charge on any atom is -0.325 e. The molecule has 0 saturated carbocycles. The minimum atomic E-state index is -0.137. The average Bonchev–Trinajstić information content (AvgIpc) is 3.16. The smallest absolute Gasteiger partial charge is 0.271 e. The summed E-state index contributed by atoms with van der Waals surface area (Å²) in [6, 6.07) is 17.5. The molecule has 0 spiro atoms. The summed E-state index contributed by atoms with van der Waals surface area (Å²) in [5, 5.41) is 5.36. The highest BCUT2D eigenvalue weighted by Crippen LogP contribution is 2.32. The number of fused-ring (bicyclic) bond motifs is 1. The molecule has 146 valence electrons. The van der Waals surface area contributed by atoms with Gasteiger partial charge in [0.25, 0.3) is 5.56 Å². The van der Waals surface area contributed by atoms with Crippen molar-refractivity contribution in [1.29, 1.82) is 0 Å². The first-order valence-corrected chi connectivity index (χ1v) is 10.9.